The maximum absolute atomic E-state index is 14.0. The molecule has 3 rings (SSSR count). The van der Waals surface area contributed by atoms with E-state index in [1.165, 1.54) is 25.2 Å². The van der Waals surface area contributed by atoms with E-state index in [1.807, 2.05) is 6.07 Å². The summed E-state index contributed by atoms with van der Waals surface area (Å²) < 4.78 is 14.5. The monoisotopic (exact) mass is 432 g/mol. The van der Waals surface area contributed by atoms with Gasteiger partial charge < -0.3 is 15.5 Å². The van der Waals surface area contributed by atoms with E-state index in [2.05, 4.69) is 15.6 Å². The Morgan fingerprint density at radius 1 is 1.17 bits per heavy atom. The molecule has 8 nitrogen and oxygen atoms in total. The van der Waals surface area contributed by atoms with Gasteiger partial charge in [-0.2, -0.15) is 0 Å². The van der Waals surface area contributed by atoms with Crippen molar-refractivity contribution in [2.75, 3.05) is 12.4 Å². The van der Waals surface area contributed by atoms with E-state index in [1.54, 1.807) is 24.3 Å². The molecule has 1 aromatic heterocycles. The van der Waals surface area contributed by atoms with Gasteiger partial charge in [0.25, 0.3) is 5.91 Å². The summed E-state index contributed by atoms with van der Waals surface area (Å²) in [4.78, 5) is 45.4. The van der Waals surface area contributed by atoms with Crippen LogP contribution in [0.25, 0.3) is 0 Å². The van der Waals surface area contributed by atoms with Crippen LogP contribution >= 0.6 is 11.6 Å². The number of carbonyl (C=O) groups is 1. The van der Waals surface area contributed by atoms with Gasteiger partial charge in [0.15, 0.2) is 0 Å². The summed E-state index contributed by atoms with van der Waals surface area (Å²) >= 11 is 5.74. The molecule has 1 heterocycles. The van der Waals surface area contributed by atoms with Crippen LogP contribution in [-0.2, 0) is 13.2 Å². The van der Waals surface area contributed by atoms with Crippen molar-refractivity contribution in [1.82, 2.24) is 15.0 Å². The highest BCUT2D eigenvalue weighted by molar-refractivity contribution is 6.30. The number of anilines is 1. The molecule has 0 saturated carbocycles. The summed E-state index contributed by atoms with van der Waals surface area (Å²) in [6, 6.07) is 13.3. The molecule has 0 bridgehead atoms. The summed E-state index contributed by atoms with van der Waals surface area (Å²) in [7, 11) is 1.44. The van der Waals surface area contributed by atoms with Crippen LogP contribution in [0.3, 0.4) is 0 Å². The second-order valence-corrected chi connectivity index (χ2v) is 6.59. The Kier molecular flexibility index (Phi) is 6.53. The molecule has 0 fully saturated rings. The van der Waals surface area contributed by atoms with Gasteiger partial charge in [-0.15, -0.1) is 0 Å². The van der Waals surface area contributed by atoms with Crippen LogP contribution in [0.5, 0.6) is 0 Å². The van der Waals surface area contributed by atoms with Gasteiger partial charge in [0.05, 0.1) is 5.02 Å². The van der Waals surface area contributed by atoms with Crippen molar-refractivity contribution in [2.45, 2.75) is 13.2 Å². The second kappa shape index (κ2) is 9.27. The van der Waals surface area contributed by atoms with Crippen LogP contribution < -0.4 is 26.7 Å². The fourth-order valence-electron chi connectivity index (χ4n) is 2.70. The van der Waals surface area contributed by atoms with Crippen LogP contribution in [-0.4, -0.2) is 22.7 Å². The molecular formula is C20H18ClFN4O4. The third kappa shape index (κ3) is 4.52. The van der Waals surface area contributed by atoms with Crippen LogP contribution in [0.15, 0.2) is 58.1 Å². The van der Waals surface area contributed by atoms with Gasteiger partial charge in [-0.25, -0.2) is 9.18 Å². The number of aromatic amines is 1. The molecular weight excluding hydrogens is 415 g/mol. The molecule has 0 spiro atoms. The SMILES string of the molecule is CNc1[nH]c(=O)n(OCc2ccccc2)c(=O)c1C(=O)NCc1cccc(Cl)c1F. The number of amides is 1. The lowest BCUT2D eigenvalue weighted by molar-refractivity contribution is 0.0764. The quantitative estimate of drug-likeness (QED) is 0.529. The molecule has 0 aliphatic heterocycles. The zero-order valence-corrected chi connectivity index (χ0v) is 16.6. The third-order valence-corrected chi connectivity index (χ3v) is 4.51. The third-order valence-electron chi connectivity index (χ3n) is 4.22. The second-order valence-electron chi connectivity index (χ2n) is 6.18. The number of nitrogens with one attached hydrogen (secondary N) is 3. The van der Waals surface area contributed by atoms with Gasteiger partial charge in [0, 0.05) is 19.2 Å². The smallest absolute Gasteiger partial charge is 0.363 e. The number of carbonyl (C=O) groups excluding carboxylic acids is 1. The first kappa shape index (κ1) is 21.1. The Bertz CT molecular complexity index is 1180. The highest BCUT2D eigenvalue weighted by Crippen LogP contribution is 2.17. The molecule has 0 aliphatic carbocycles. The van der Waals surface area contributed by atoms with E-state index in [4.69, 9.17) is 16.4 Å². The van der Waals surface area contributed by atoms with Crippen molar-refractivity contribution in [1.29, 1.82) is 0 Å². The molecule has 156 valence electrons. The zero-order valence-electron chi connectivity index (χ0n) is 15.9. The number of aromatic nitrogens is 2. The number of H-pyrrole nitrogens is 1. The fraction of sp³-hybridized carbons (Fsp3) is 0.150. The summed E-state index contributed by atoms with van der Waals surface area (Å²) in [5.41, 5.74) is -1.32. The van der Waals surface area contributed by atoms with E-state index in [0.717, 1.165) is 5.56 Å². The van der Waals surface area contributed by atoms with Crippen LogP contribution in [0.2, 0.25) is 5.02 Å². The summed E-state index contributed by atoms with van der Waals surface area (Å²) in [6.07, 6.45) is 0. The number of nitrogens with zero attached hydrogens (tertiary/aromatic N) is 1. The Balaban J connectivity index is 1.87. The molecule has 0 unspecified atom stereocenters. The predicted octanol–water partition coefficient (Wildman–Crippen LogP) is 1.93. The maximum Gasteiger partial charge on any atom is 0.363 e. The Morgan fingerprint density at radius 3 is 2.60 bits per heavy atom. The largest absolute Gasteiger partial charge is 0.401 e. The molecule has 0 atom stereocenters. The Hall–Kier alpha value is -3.59. The van der Waals surface area contributed by atoms with Crippen molar-refractivity contribution < 1.29 is 14.0 Å². The average Bonchev–Trinajstić information content (AvgIpc) is 2.74. The minimum atomic E-state index is -0.955. The maximum atomic E-state index is 14.0. The summed E-state index contributed by atoms with van der Waals surface area (Å²) in [5.74, 6) is -1.58. The van der Waals surface area contributed by atoms with Crippen molar-refractivity contribution in [3.8, 4) is 0 Å². The number of halogens is 2. The van der Waals surface area contributed by atoms with E-state index in [0.29, 0.717) is 4.73 Å². The topological polar surface area (TPSA) is 105 Å². The Labute approximate surface area is 175 Å². The van der Waals surface area contributed by atoms with Gasteiger partial charge in [-0.05, 0) is 11.6 Å². The molecule has 10 heteroatoms. The first-order valence-corrected chi connectivity index (χ1v) is 9.25. The lowest BCUT2D eigenvalue weighted by Crippen LogP contribution is -2.44. The zero-order chi connectivity index (χ0) is 21.7. The molecule has 30 heavy (non-hydrogen) atoms. The molecule has 0 radical (unpaired) electrons. The van der Waals surface area contributed by atoms with E-state index < -0.39 is 23.0 Å². The summed E-state index contributed by atoms with van der Waals surface area (Å²) in [5, 5.41) is 4.96. The highest BCUT2D eigenvalue weighted by Gasteiger charge is 2.21. The first-order valence-electron chi connectivity index (χ1n) is 8.87. The van der Waals surface area contributed by atoms with Crippen LogP contribution in [0, 0.1) is 5.82 Å². The van der Waals surface area contributed by atoms with Crippen molar-refractivity contribution >= 4 is 23.3 Å². The van der Waals surface area contributed by atoms with Crippen molar-refractivity contribution in [3.63, 3.8) is 0 Å². The predicted molar refractivity (Wildman–Crippen MR) is 110 cm³/mol. The fourth-order valence-corrected chi connectivity index (χ4v) is 2.89. The van der Waals surface area contributed by atoms with Gasteiger partial charge in [0.2, 0.25) is 0 Å². The number of hydrogen-bond donors (Lipinski definition) is 3. The van der Waals surface area contributed by atoms with Crippen LogP contribution in [0.1, 0.15) is 21.5 Å². The lowest BCUT2D eigenvalue weighted by Gasteiger charge is -2.13. The summed E-state index contributed by atoms with van der Waals surface area (Å²) in [6.45, 7) is -0.269. The van der Waals surface area contributed by atoms with E-state index in [-0.39, 0.29) is 35.1 Å². The van der Waals surface area contributed by atoms with Gasteiger partial charge in [-0.1, -0.05) is 58.8 Å². The van der Waals surface area contributed by atoms with Gasteiger partial charge in [0.1, 0.15) is 23.8 Å². The van der Waals surface area contributed by atoms with Crippen molar-refractivity contribution in [2.24, 2.45) is 0 Å². The average molecular weight is 433 g/mol. The van der Waals surface area contributed by atoms with E-state index in [9.17, 15) is 18.8 Å². The minimum absolute atomic E-state index is 0.0580. The van der Waals surface area contributed by atoms with Crippen LogP contribution in [0.4, 0.5) is 10.2 Å². The molecule has 0 saturated heterocycles. The van der Waals surface area contributed by atoms with Gasteiger partial charge in [-0.3, -0.25) is 14.6 Å². The molecule has 3 N–H and O–H groups in total. The number of hydrogen-bond acceptors (Lipinski definition) is 5. The normalized spacial score (nSPS) is 10.5. The molecule has 1 amide bonds. The number of rotatable bonds is 7. The molecule has 3 aromatic rings. The highest BCUT2D eigenvalue weighted by atomic mass is 35.5. The Morgan fingerprint density at radius 2 is 1.90 bits per heavy atom. The van der Waals surface area contributed by atoms with Crippen molar-refractivity contribution in [3.05, 3.63) is 96.9 Å². The number of benzene rings is 2. The first-order chi connectivity index (χ1) is 14.4. The minimum Gasteiger partial charge on any atom is -0.401 e. The lowest BCUT2D eigenvalue weighted by atomic mass is 10.2. The van der Waals surface area contributed by atoms with Gasteiger partial charge >= 0.3 is 11.2 Å². The standard InChI is InChI=1S/C20H18ClFN4O4/c1-23-17-15(18(27)24-10-13-8-5-9-14(21)16(13)22)19(28)26(20(29)25-17)30-11-12-6-3-2-4-7-12/h2-9,23H,10-11H2,1H3,(H,24,27)(H,25,29). The van der Waals surface area contributed by atoms with E-state index >= 15 is 0 Å². The molecule has 2 aromatic carbocycles. The molecule has 0 aliphatic rings.